The first-order chi connectivity index (χ1) is 8.24. The van der Waals surface area contributed by atoms with Gasteiger partial charge in [-0.25, -0.2) is 0 Å². The van der Waals surface area contributed by atoms with E-state index in [2.05, 4.69) is 20.7 Å². The van der Waals surface area contributed by atoms with Crippen molar-refractivity contribution in [3.8, 4) is 5.75 Å². The summed E-state index contributed by atoms with van der Waals surface area (Å²) in [4.78, 5) is 0. The smallest absolute Gasteiger partial charge is 0.405 e. The standard InChI is InChI=1S/C11H13BrF3NO2/c1-2-8(17)10(16)7-5-6(12)3-4-9(7)18-11(13,14)15/h3-5,8,10,17H,2,16H2,1H3/t8-,10+/m0/s1. The van der Waals surface area contributed by atoms with Crippen LogP contribution in [-0.4, -0.2) is 17.6 Å². The summed E-state index contributed by atoms with van der Waals surface area (Å²) in [5.41, 5.74) is 5.83. The van der Waals surface area contributed by atoms with Crippen molar-refractivity contribution in [2.75, 3.05) is 0 Å². The second-order valence-corrected chi connectivity index (χ2v) is 4.65. The Morgan fingerprint density at radius 1 is 1.44 bits per heavy atom. The Kier molecular flexibility index (Phi) is 5.01. The van der Waals surface area contributed by atoms with Gasteiger partial charge in [0.15, 0.2) is 0 Å². The summed E-state index contributed by atoms with van der Waals surface area (Å²) in [6.45, 7) is 1.69. The second kappa shape index (κ2) is 5.90. The van der Waals surface area contributed by atoms with Crippen LogP contribution in [0.1, 0.15) is 24.9 Å². The number of aliphatic hydroxyl groups excluding tert-OH is 1. The topological polar surface area (TPSA) is 55.5 Å². The van der Waals surface area contributed by atoms with Crippen molar-refractivity contribution in [2.24, 2.45) is 5.73 Å². The zero-order valence-electron chi connectivity index (χ0n) is 9.54. The molecule has 0 spiro atoms. The first kappa shape index (κ1) is 15.3. The maximum absolute atomic E-state index is 12.2. The van der Waals surface area contributed by atoms with Crippen LogP contribution in [-0.2, 0) is 0 Å². The maximum Gasteiger partial charge on any atom is 0.573 e. The number of hydrogen-bond acceptors (Lipinski definition) is 3. The highest BCUT2D eigenvalue weighted by Crippen LogP contribution is 2.33. The molecule has 1 aromatic rings. The molecule has 0 heterocycles. The highest BCUT2D eigenvalue weighted by molar-refractivity contribution is 9.10. The predicted molar refractivity (Wildman–Crippen MR) is 64.1 cm³/mol. The molecule has 1 aromatic carbocycles. The molecule has 0 fully saturated rings. The van der Waals surface area contributed by atoms with Crippen LogP contribution >= 0.6 is 15.9 Å². The van der Waals surface area contributed by atoms with E-state index in [1.807, 2.05) is 0 Å². The average Bonchev–Trinajstić information content (AvgIpc) is 2.27. The van der Waals surface area contributed by atoms with Crippen LogP contribution in [0.15, 0.2) is 22.7 Å². The van der Waals surface area contributed by atoms with Gasteiger partial charge in [0.2, 0.25) is 0 Å². The second-order valence-electron chi connectivity index (χ2n) is 3.73. The van der Waals surface area contributed by atoms with Crippen molar-refractivity contribution in [2.45, 2.75) is 31.9 Å². The highest BCUT2D eigenvalue weighted by Gasteiger charge is 2.33. The van der Waals surface area contributed by atoms with Crippen molar-refractivity contribution in [1.82, 2.24) is 0 Å². The number of ether oxygens (including phenoxy) is 1. The van der Waals surface area contributed by atoms with Gasteiger partial charge in [-0.3, -0.25) is 0 Å². The van der Waals surface area contributed by atoms with Crippen LogP contribution in [0.3, 0.4) is 0 Å². The van der Waals surface area contributed by atoms with Gasteiger partial charge in [0.1, 0.15) is 5.75 Å². The van der Waals surface area contributed by atoms with Crippen LogP contribution in [0.5, 0.6) is 5.75 Å². The minimum absolute atomic E-state index is 0.107. The van der Waals surface area contributed by atoms with Crippen molar-refractivity contribution in [3.63, 3.8) is 0 Å². The Hall–Kier alpha value is -0.790. The first-order valence-corrected chi connectivity index (χ1v) is 6.02. The summed E-state index contributed by atoms with van der Waals surface area (Å²) in [7, 11) is 0. The number of alkyl halides is 3. The molecule has 2 atom stereocenters. The number of hydrogen-bond donors (Lipinski definition) is 2. The molecule has 0 unspecified atom stereocenters. The molecule has 18 heavy (non-hydrogen) atoms. The van der Waals surface area contributed by atoms with E-state index in [4.69, 9.17) is 5.73 Å². The van der Waals surface area contributed by atoms with Gasteiger partial charge in [-0.2, -0.15) is 0 Å². The fourth-order valence-electron chi connectivity index (χ4n) is 1.46. The largest absolute Gasteiger partial charge is 0.573 e. The number of halogens is 4. The Balaban J connectivity index is 3.11. The number of benzene rings is 1. The maximum atomic E-state index is 12.2. The van der Waals surface area contributed by atoms with Crippen LogP contribution in [0.4, 0.5) is 13.2 Å². The molecule has 3 nitrogen and oxygen atoms in total. The lowest BCUT2D eigenvalue weighted by Crippen LogP contribution is -2.27. The first-order valence-electron chi connectivity index (χ1n) is 5.23. The molecular weight excluding hydrogens is 315 g/mol. The molecule has 3 N–H and O–H groups in total. The fourth-order valence-corrected chi connectivity index (χ4v) is 1.84. The van der Waals surface area contributed by atoms with Gasteiger partial charge in [0, 0.05) is 10.0 Å². The zero-order valence-corrected chi connectivity index (χ0v) is 11.1. The molecule has 102 valence electrons. The molecule has 0 amide bonds. The van der Waals surface area contributed by atoms with Crippen LogP contribution in [0.2, 0.25) is 0 Å². The van der Waals surface area contributed by atoms with E-state index in [0.717, 1.165) is 6.07 Å². The van der Waals surface area contributed by atoms with E-state index in [-0.39, 0.29) is 5.56 Å². The summed E-state index contributed by atoms with van der Waals surface area (Å²) in [5.74, 6) is -0.397. The highest BCUT2D eigenvalue weighted by atomic mass is 79.9. The molecule has 0 saturated heterocycles. The molecule has 0 aliphatic carbocycles. The molecule has 0 saturated carbocycles. The van der Waals surface area contributed by atoms with Gasteiger partial charge in [-0.1, -0.05) is 22.9 Å². The summed E-state index contributed by atoms with van der Waals surface area (Å²) in [6.07, 6.45) is -5.40. The van der Waals surface area contributed by atoms with Gasteiger partial charge in [-0.15, -0.1) is 13.2 Å². The molecule has 0 bridgehead atoms. The van der Waals surface area contributed by atoms with E-state index >= 15 is 0 Å². The van der Waals surface area contributed by atoms with Crippen molar-refractivity contribution in [1.29, 1.82) is 0 Å². The van der Waals surface area contributed by atoms with E-state index in [9.17, 15) is 18.3 Å². The van der Waals surface area contributed by atoms with Crippen molar-refractivity contribution < 1.29 is 23.0 Å². The van der Waals surface area contributed by atoms with E-state index in [0.29, 0.717) is 10.9 Å². The third kappa shape index (κ3) is 4.15. The summed E-state index contributed by atoms with van der Waals surface area (Å²) < 4.78 is 41.1. The molecule has 7 heteroatoms. The summed E-state index contributed by atoms with van der Waals surface area (Å²) >= 11 is 3.14. The number of nitrogens with two attached hydrogens (primary N) is 1. The van der Waals surface area contributed by atoms with E-state index in [1.54, 1.807) is 6.92 Å². The molecule has 1 rings (SSSR count). The molecule has 0 aromatic heterocycles. The van der Waals surface area contributed by atoms with Crippen LogP contribution in [0, 0.1) is 0 Å². The SMILES string of the molecule is CC[C@H](O)[C@H](N)c1cc(Br)ccc1OC(F)(F)F. The number of rotatable bonds is 4. The van der Waals surface area contributed by atoms with Gasteiger partial charge in [-0.05, 0) is 24.6 Å². The molecule has 0 aliphatic rings. The monoisotopic (exact) mass is 327 g/mol. The lowest BCUT2D eigenvalue weighted by molar-refractivity contribution is -0.275. The van der Waals surface area contributed by atoms with Gasteiger partial charge in [0.25, 0.3) is 0 Å². The van der Waals surface area contributed by atoms with E-state index in [1.165, 1.54) is 12.1 Å². The Morgan fingerprint density at radius 2 is 2.06 bits per heavy atom. The normalized spacial score (nSPS) is 15.3. The molecule has 0 aliphatic heterocycles. The Labute approximate surface area is 111 Å². The predicted octanol–water partition coefficient (Wildman–Crippen LogP) is 3.12. The van der Waals surface area contributed by atoms with Gasteiger partial charge in [0.05, 0.1) is 12.1 Å². The minimum Gasteiger partial charge on any atom is -0.405 e. The lowest BCUT2D eigenvalue weighted by atomic mass is 10.00. The zero-order chi connectivity index (χ0) is 13.9. The van der Waals surface area contributed by atoms with E-state index < -0.39 is 24.3 Å². The van der Waals surface area contributed by atoms with Crippen molar-refractivity contribution >= 4 is 15.9 Å². The van der Waals surface area contributed by atoms with Crippen LogP contribution in [0.25, 0.3) is 0 Å². The van der Waals surface area contributed by atoms with Gasteiger partial charge >= 0.3 is 6.36 Å². The number of aliphatic hydroxyl groups is 1. The summed E-state index contributed by atoms with van der Waals surface area (Å²) in [5, 5.41) is 9.62. The Bertz CT molecular complexity index is 412. The lowest BCUT2D eigenvalue weighted by Gasteiger charge is -2.21. The molecule has 0 radical (unpaired) electrons. The third-order valence-electron chi connectivity index (χ3n) is 2.39. The summed E-state index contributed by atoms with van der Waals surface area (Å²) in [6, 6.07) is 3.04. The van der Waals surface area contributed by atoms with Gasteiger partial charge < -0.3 is 15.6 Å². The third-order valence-corrected chi connectivity index (χ3v) is 2.88. The fraction of sp³-hybridized carbons (Fsp3) is 0.455. The Morgan fingerprint density at radius 3 is 2.56 bits per heavy atom. The quantitative estimate of drug-likeness (QED) is 0.893. The average molecular weight is 328 g/mol. The molecular formula is C11H13BrF3NO2. The van der Waals surface area contributed by atoms with Crippen molar-refractivity contribution in [3.05, 3.63) is 28.2 Å². The minimum atomic E-state index is -4.79. The van der Waals surface area contributed by atoms with Crippen LogP contribution < -0.4 is 10.5 Å².